The number of benzene rings is 1. The van der Waals surface area contributed by atoms with Crippen LogP contribution in [-0.4, -0.2) is 9.55 Å². The maximum absolute atomic E-state index is 6.09. The summed E-state index contributed by atoms with van der Waals surface area (Å²) in [4.78, 5) is 4.51. The average Bonchev–Trinajstić information content (AvgIpc) is 2.87. The number of hydrogen-bond donors (Lipinski definition) is 1. The summed E-state index contributed by atoms with van der Waals surface area (Å²) in [7, 11) is 0. The number of imidazole rings is 1. The Balaban J connectivity index is 1.96. The van der Waals surface area contributed by atoms with Gasteiger partial charge in [0.15, 0.2) is 0 Å². The molecule has 3 rings (SSSR count). The van der Waals surface area contributed by atoms with Crippen molar-refractivity contribution >= 4 is 17.0 Å². The fourth-order valence-corrected chi connectivity index (χ4v) is 3.25. The Morgan fingerprint density at radius 3 is 2.94 bits per heavy atom. The van der Waals surface area contributed by atoms with E-state index in [0.29, 0.717) is 5.95 Å². The van der Waals surface area contributed by atoms with Crippen LogP contribution >= 0.6 is 0 Å². The lowest BCUT2D eigenvalue weighted by molar-refractivity contribution is 0.450. The molecule has 2 unspecified atom stereocenters. The third-order valence-corrected chi connectivity index (χ3v) is 4.25. The molecule has 0 aliphatic heterocycles. The van der Waals surface area contributed by atoms with Gasteiger partial charge in [-0.3, -0.25) is 0 Å². The Bertz CT molecular complexity index is 570. The topological polar surface area (TPSA) is 43.8 Å². The van der Waals surface area contributed by atoms with Gasteiger partial charge in [-0.15, -0.1) is 0 Å². The second-order valence-electron chi connectivity index (χ2n) is 5.81. The van der Waals surface area contributed by atoms with Gasteiger partial charge in [-0.2, -0.15) is 0 Å². The molecule has 3 nitrogen and oxygen atoms in total. The first kappa shape index (κ1) is 11.6. The number of nitrogens with two attached hydrogens (primary N) is 1. The van der Waals surface area contributed by atoms with Gasteiger partial charge in [-0.25, -0.2) is 4.98 Å². The van der Waals surface area contributed by atoms with Crippen LogP contribution in [0.2, 0.25) is 0 Å². The summed E-state index contributed by atoms with van der Waals surface area (Å²) in [5.41, 5.74) is 9.54. The molecule has 0 spiro atoms. The van der Waals surface area contributed by atoms with Gasteiger partial charge in [-0.05, 0) is 43.2 Å². The van der Waals surface area contributed by atoms with Crippen LogP contribution in [0.1, 0.15) is 31.7 Å². The zero-order valence-electron chi connectivity index (χ0n) is 11.2. The molecule has 0 amide bonds. The van der Waals surface area contributed by atoms with Crippen LogP contribution in [0.4, 0.5) is 5.95 Å². The van der Waals surface area contributed by atoms with E-state index in [1.165, 1.54) is 30.3 Å². The van der Waals surface area contributed by atoms with Crippen LogP contribution in [0.15, 0.2) is 18.2 Å². The van der Waals surface area contributed by atoms with Crippen LogP contribution in [-0.2, 0) is 6.54 Å². The monoisotopic (exact) mass is 243 g/mol. The maximum atomic E-state index is 6.09. The first-order chi connectivity index (χ1) is 8.65. The normalized spacial score (nSPS) is 23.9. The largest absolute Gasteiger partial charge is 0.369 e. The number of rotatable bonds is 2. The number of hydrogen-bond acceptors (Lipinski definition) is 2. The van der Waals surface area contributed by atoms with E-state index >= 15 is 0 Å². The summed E-state index contributed by atoms with van der Waals surface area (Å²) in [6.45, 7) is 5.46. The molecule has 2 aromatic rings. The lowest BCUT2D eigenvalue weighted by Crippen LogP contribution is -2.10. The highest BCUT2D eigenvalue weighted by Gasteiger charge is 2.23. The minimum atomic E-state index is 0.666. The van der Waals surface area contributed by atoms with Crippen LogP contribution < -0.4 is 5.73 Å². The summed E-state index contributed by atoms with van der Waals surface area (Å²) in [5, 5.41) is 0. The summed E-state index contributed by atoms with van der Waals surface area (Å²) in [6.07, 6.45) is 4.01. The molecular weight excluding hydrogens is 222 g/mol. The average molecular weight is 243 g/mol. The summed E-state index contributed by atoms with van der Waals surface area (Å²) in [5.74, 6) is 2.30. The Morgan fingerprint density at radius 2 is 2.22 bits per heavy atom. The zero-order valence-corrected chi connectivity index (χ0v) is 11.2. The van der Waals surface area contributed by atoms with Gasteiger partial charge < -0.3 is 10.3 Å². The highest BCUT2D eigenvalue weighted by molar-refractivity contribution is 5.81. The van der Waals surface area contributed by atoms with Crippen molar-refractivity contribution in [2.24, 2.45) is 11.8 Å². The van der Waals surface area contributed by atoms with Gasteiger partial charge in [0, 0.05) is 6.54 Å². The van der Waals surface area contributed by atoms with E-state index in [-0.39, 0.29) is 0 Å². The molecule has 1 aliphatic rings. The smallest absolute Gasteiger partial charge is 0.201 e. The minimum absolute atomic E-state index is 0.666. The molecule has 18 heavy (non-hydrogen) atoms. The Morgan fingerprint density at radius 1 is 1.39 bits per heavy atom. The van der Waals surface area contributed by atoms with E-state index in [0.717, 1.165) is 23.9 Å². The van der Waals surface area contributed by atoms with E-state index in [1.54, 1.807) is 0 Å². The Kier molecular flexibility index (Phi) is 2.77. The molecule has 1 heterocycles. The minimum Gasteiger partial charge on any atom is -0.369 e. The van der Waals surface area contributed by atoms with E-state index in [9.17, 15) is 0 Å². The highest BCUT2D eigenvalue weighted by atomic mass is 15.2. The number of anilines is 1. The van der Waals surface area contributed by atoms with Gasteiger partial charge in [0.2, 0.25) is 5.95 Å². The molecule has 1 fully saturated rings. The second-order valence-corrected chi connectivity index (χ2v) is 5.81. The summed E-state index contributed by atoms with van der Waals surface area (Å²) < 4.78 is 2.20. The van der Waals surface area contributed by atoms with E-state index in [2.05, 4.69) is 41.6 Å². The van der Waals surface area contributed by atoms with Crippen molar-refractivity contribution in [3.8, 4) is 0 Å². The van der Waals surface area contributed by atoms with E-state index in [1.807, 2.05) is 0 Å². The number of fused-ring (bicyclic) bond motifs is 1. The fourth-order valence-electron chi connectivity index (χ4n) is 3.25. The van der Waals surface area contributed by atoms with Gasteiger partial charge in [0.05, 0.1) is 11.0 Å². The summed E-state index contributed by atoms with van der Waals surface area (Å²) in [6, 6.07) is 6.31. The quantitative estimate of drug-likeness (QED) is 0.879. The summed E-state index contributed by atoms with van der Waals surface area (Å²) >= 11 is 0. The first-order valence-electron chi connectivity index (χ1n) is 6.86. The van der Waals surface area contributed by atoms with Gasteiger partial charge >= 0.3 is 0 Å². The molecule has 1 aromatic heterocycles. The predicted octanol–water partition coefficient (Wildman–Crippen LogP) is 3.36. The van der Waals surface area contributed by atoms with E-state index in [4.69, 9.17) is 5.73 Å². The first-order valence-corrected chi connectivity index (χ1v) is 6.86. The van der Waals surface area contributed by atoms with Crippen molar-refractivity contribution in [2.45, 2.75) is 39.7 Å². The molecule has 3 heteroatoms. The van der Waals surface area contributed by atoms with Crippen LogP contribution in [0, 0.1) is 18.8 Å². The van der Waals surface area contributed by atoms with E-state index < -0.39 is 0 Å². The highest BCUT2D eigenvalue weighted by Crippen LogP contribution is 2.33. The lowest BCUT2D eigenvalue weighted by Gasteiger charge is -2.12. The van der Waals surface area contributed by atoms with Crippen molar-refractivity contribution in [1.29, 1.82) is 0 Å². The van der Waals surface area contributed by atoms with Crippen LogP contribution in [0.3, 0.4) is 0 Å². The van der Waals surface area contributed by atoms with Crippen molar-refractivity contribution < 1.29 is 0 Å². The number of para-hydroxylation sites is 1. The van der Waals surface area contributed by atoms with Gasteiger partial charge in [-0.1, -0.05) is 25.5 Å². The SMILES string of the molecule is Cc1cccc2c1nc(N)n2CC1CCC(C)C1. The zero-order chi connectivity index (χ0) is 12.7. The standard InChI is InChI=1S/C15H21N3/c1-10-6-7-12(8-10)9-18-13-5-3-4-11(2)14(13)17-15(18)16/h3-5,10,12H,6-9H2,1-2H3,(H2,16,17). The third kappa shape index (κ3) is 1.88. The molecule has 1 aromatic carbocycles. The molecule has 2 atom stereocenters. The molecule has 0 bridgehead atoms. The lowest BCUT2D eigenvalue weighted by atomic mass is 10.1. The molecule has 0 saturated heterocycles. The van der Waals surface area contributed by atoms with Crippen molar-refractivity contribution in [3.63, 3.8) is 0 Å². The van der Waals surface area contributed by atoms with Crippen molar-refractivity contribution in [1.82, 2.24) is 9.55 Å². The molecular formula is C15H21N3. The fraction of sp³-hybridized carbons (Fsp3) is 0.533. The van der Waals surface area contributed by atoms with Crippen LogP contribution in [0.25, 0.3) is 11.0 Å². The van der Waals surface area contributed by atoms with Crippen LogP contribution in [0.5, 0.6) is 0 Å². The molecule has 1 aliphatic carbocycles. The number of nitrogens with zero attached hydrogens (tertiary/aromatic N) is 2. The number of aromatic nitrogens is 2. The number of nitrogen functional groups attached to an aromatic ring is 1. The maximum Gasteiger partial charge on any atom is 0.201 e. The van der Waals surface area contributed by atoms with Gasteiger partial charge in [0.1, 0.15) is 0 Å². The Hall–Kier alpha value is -1.51. The molecule has 0 radical (unpaired) electrons. The number of aryl methyl sites for hydroxylation is 1. The van der Waals surface area contributed by atoms with Crippen molar-refractivity contribution in [2.75, 3.05) is 5.73 Å². The Labute approximate surface area is 108 Å². The predicted molar refractivity (Wildman–Crippen MR) is 75.4 cm³/mol. The molecule has 1 saturated carbocycles. The van der Waals surface area contributed by atoms with Crippen molar-refractivity contribution in [3.05, 3.63) is 23.8 Å². The van der Waals surface area contributed by atoms with Gasteiger partial charge in [0.25, 0.3) is 0 Å². The molecule has 2 N–H and O–H groups in total. The molecule has 96 valence electrons. The second kappa shape index (κ2) is 4.30. The third-order valence-electron chi connectivity index (χ3n) is 4.25.